The van der Waals surface area contributed by atoms with Crippen molar-refractivity contribution in [2.45, 2.75) is 51.7 Å². The van der Waals surface area contributed by atoms with E-state index < -0.39 is 11.2 Å². The quantitative estimate of drug-likeness (QED) is 0.749. The molecule has 1 saturated heterocycles. The van der Waals surface area contributed by atoms with Crippen molar-refractivity contribution in [3.05, 3.63) is 0 Å². The molecule has 5 heteroatoms. The first-order valence-electron chi connectivity index (χ1n) is 7.15. The van der Waals surface area contributed by atoms with Gasteiger partial charge in [-0.2, -0.15) is 0 Å². The zero-order chi connectivity index (χ0) is 14.5. The maximum atomic E-state index is 12.5. The molecule has 1 aliphatic rings. The smallest absolute Gasteiger partial charge is 0.254 e. The van der Waals surface area contributed by atoms with E-state index in [0.717, 1.165) is 26.2 Å². The number of nitrogens with one attached hydrogen (secondary N) is 1. The SMILES string of the molecule is CCC(C)(OCCC(C)(C)O)C(=O)N1CCNCC1. The van der Waals surface area contributed by atoms with E-state index in [1.807, 2.05) is 18.7 Å². The Kier molecular flexibility index (Phi) is 5.77. The number of piperazine rings is 1. The highest BCUT2D eigenvalue weighted by atomic mass is 16.5. The van der Waals surface area contributed by atoms with Gasteiger partial charge in [-0.05, 0) is 33.6 Å². The molecule has 1 aliphatic heterocycles. The summed E-state index contributed by atoms with van der Waals surface area (Å²) in [4.78, 5) is 14.4. The van der Waals surface area contributed by atoms with E-state index in [0.29, 0.717) is 19.4 Å². The zero-order valence-electron chi connectivity index (χ0n) is 12.7. The van der Waals surface area contributed by atoms with Crippen molar-refractivity contribution in [2.24, 2.45) is 0 Å². The minimum Gasteiger partial charge on any atom is -0.390 e. The van der Waals surface area contributed by atoms with Crippen molar-refractivity contribution in [3.63, 3.8) is 0 Å². The van der Waals surface area contributed by atoms with E-state index in [1.54, 1.807) is 13.8 Å². The molecule has 5 nitrogen and oxygen atoms in total. The topological polar surface area (TPSA) is 61.8 Å². The Hall–Kier alpha value is -0.650. The van der Waals surface area contributed by atoms with Crippen LogP contribution in [0.4, 0.5) is 0 Å². The van der Waals surface area contributed by atoms with Crippen molar-refractivity contribution >= 4 is 5.91 Å². The van der Waals surface area contributed by atoms with Crippen molar-refractivity contribution in [2.75, 3.05) is 32.8 Å². The third-order valence-electron chi connectivity index (χ3n) is 3.67. The normalized spacial score (nSPS) is 20.2. The number of carbonyl (C=O) groups excluding carboxylic acids is 1. The van der Waals surface area contributed by atoms with E-state index in [4.69, 9.17) is 4.74 Å². The number of ether oxygens (including phenoxy) is 1. The largest absolute Gasteiger partial charge is 0.390 e. The molecule has 112 valence electrons. The maximum absolute atomic E-state index is 12.5. The van der Waals surface area contributed by atoms with Crippen LogP contribution in [0.2, 0.25) is 0 Å². The van der Waals surface area contributed by atoms with Crippen LogP contribution in [0.5, 0.6) is 0 Å². The second-order valence-corrected chi connectivity index (χ2v) is 6.04. The van der Waals surface area contributed by atoms with E-state index in [9.17, 15) is 9.90 Å². The Morgan fingerprint density at radius 1 is 1.32 bits per heavy atom. The maximum Gasteiger partial charge on any atom is 0.254 e. The summed E-state index contributed by atoms with van der Waals surface area (Å²) in [6, 6.07) is 0. The van der Waals surface area contributed by atoms with Gasteiger partial charge in [-0.3, -0.25) is 4.79 Å². The van der Waals surface area contributed by atoms with Gasteiger partial charge in [0.1, 0.15) is 5.60 Å². The molecule has 0 saturated carbocycles. The average molecular weight is 272 g/mol. The third kappa shape index (κ3) is 5.09. The summed E-state index contributed by atoms with van der Waals surface area (Å²) in [6.45, 7) is 10.9. The zero-order valence-corrected chi connectivity index (χ0v) is 12.7. The molecule has 1 atom stereocenters. The highest BCUT2D eigenvalue weighted by molar-refractivity contribution is 5.85. The molecule has 1 fully saturated rings. The van der Waals surface area contributed by atoms with Crippen molar-refractivity contribution in [1.29, 1.82) is 0 Å². The Balaban J connectivity index is 2.54. The fourth-order valence-corrected chi connectivity index (χ4v) is 2.04. The minimum absolute atomic E-state index is 0.0623. The lowest BCUT2D eigenvalue weighted by Crippen LogP contribution is -2.54. The van der Waals surface area contributed by atoms with Gasteiger partial charge >= 0.3 is 0 Å². The number of hydrogen-bond donors (Lipinski definition) is 2. The Morgan fingerprint density at radius 2 is 1.89 bits per heavy atom. The first kappa shape index (κ1) is 16.4. The molecular formula is C14H28N2O3. The molecular weight excluding hydrogens is 244 g/mol. The molecule has 19 heavy (non-hydrogen) atoms. The van der Waals surface area contributed by atoms with Crippen LogP contribution in [0.1, 0.15) is 40.5 Å². The molecule has 0 radical (unpaired) electrons. The second-order valence-electron chi connectivity index (χ2n) is 6.04. The molecule has 0 aromatic heterocycles. The van der Waals surface area contributed by atoms with Gasteiger partial charge < -0.3 is 20.1 Å². The second kappa shape index (κ2) is 6.68. The first-order chi connectivity index (χ1) is 8.78. The number of hydrogen-bond acceptors (Lipinski definition) is 4. The molecule has 1 rings (SSSR count). The minimum atomic E-state index is -0.775. The first-order valence-corrected chi connectivity index (χ1v) is 7.15. The molecule has 1 heterocycles. The van der Waals surface area contributed by atoms with Crippen molar-refractivity contribution in [3.8, 4) is 0 Å². The Labute approximate surface area is 116 Å². The lowest BCUT2D eigenvalue weighted by molar-refractivity contribution is -0.159. The Morgan fingerprint density at radius 3 is 2.37 bits per heavy atom. The van der Waals surface area contributed by atoms with Gasteiger partial charge in [-0.25, -0.2) is 0 Å². The third-order valence-corrected chi connectivity index (χ3v) is 3.67. The summed E-state index contributed by atoms with van der Waals surface area (Å²) in [7, 11) is 0. The highest BCUT2D eigenvalue weighted by Gasteiger charge is 2.36. The Bertz CT molecular complexity index is 296. The molecule has 2 N–H and O–H groups in total. The predicted octanol–water partition coefficient (Wildman–Crippen LogP) is 0.765. The molecule has 0 aromatic carbocycles. The van der Waals surface area contributed by atoms with Crippen LogP contribution in [0.3, 0.4) is 0 Å². The predicted molar refractivity (Wildman–Crippen MR) is 75.0 cm³/mol. The van der Waals surface area contributed by atoms with Crippen LogP contribution in [-0.2, 0) is 9.53 Å². The molecule has 0 aromatic rings. The van der Waals surface area contributed by atoms with E-state index in [2.05, 4.69) is 5.32 Å². The average Bonchev–Trinajstić information content (AvgIpc) is 2.37. The monoisotopic (exact) mass is 272 g/mol. The summed E-state index contributed by atoms with van der Waals surface area (Å²) in [6.07, 6.45) is 1.17. The lowest BCUT2D eigenvalue weighted by Gasteiger charge is -2.36. The van der Waals surface area contributed by atoms with Gasteiger partial charge in [-0.15, -0.1) is 0 Å². The van der Waals surface area contributed by atoms with Gasteiger partial charge in [0, 0.05) is 26.2 Å². The summed E-state index contributed by atoms with van der Waals surface area (Å²) >= 11 is 0. The fraction of sp³-hybridized carbons (Fsp3) is 0.929. The number of carbonyl (C=O) groups is 1. The van der Waals surface area contributed by atoms with E-state index in [1.165, 1.54) is 0 Å². The van der Waals surface area contributed by atoms with Crippen LogP contribution in [-0.4, -0.2) is 59.9 Å². The van der Waals surface area contributed by atoms with Crippen molar-refractivity contribution < 1.29 is 14.6 Å². The highest BCUT2D eigenvalue weighted by Crippen LogP contribution is 2.21. The summed E-state index contributed by atoms with van der Waals surface area (Å²) in [5.41, 5.74) is -1.53. The summed E-state index contributed by atoms with van der Waals surface area (Å²) < 4.78 is 5.80. The van der Waals surface area contributed by atoms with Gasteiger partial charge in [0.2, 0.25) is 0 Å². The number of aliphatic hydroxyl groups is 1. The standard InChI is InChI=1S/C14H28N2O3/c1-5-14(4,19-11-6-13(2,3)18)12(17)16-9-7-15-8-10-16/h15,18H,5-11H2,1-4H3. The number of rotatable bonds is 6. The molecule has 1 unspecified atom stereocenters. The van der Waals surface area contributed by atoms with Crippen molar-refractivity contribution in [1.82, 2.24) is 10.2 Å². The van der Waals surface area contributed by atoms with Crippen LogP contribution in [0, 0.1) is 0 Å². The number of nitrogens with zero attached hydrogens (tertiary/aromatic N) is 1. The van der Waals surface area contributed by atoms with Crippen LogP contribution >= 0.6 is 0 Å². The van der Waals surface area contributed by atoms with Crippen LogP contribution < -0.4 is 5.32 Å². The molecule has 1 amide bonds. The summed E-state index contributed by atoms with van der Waals surface area (Å²) in [5, 5.41) is 12.9. The molecule has 0 bridgehead atoms. The van der Waals surface area contributed by atoms with Gasteiger partial charge in [0.05, 0.1) is 12.2 Å². The number of amides is 1. The van der Waals surface area contributed by atoms with E-state index in [-0.39, 0.29) is 5.91 Å². The summed E-state index contributed by atoms with van der Waals surface area (Å²) in [5.74, 6) is 0.0623. The van der Waals surface area contributed by atoms with Gasteiger partial charge in [0.25, 0.3) is 5.91 Å². The van der Waals surface area contributed by atoms with Gasteiger partial charge in [0.15, 0.2) is 0 Å². The van der Waals surface area contributed by atoms with Crippen LogP contribution in [0.15, 0.2) is 0 Å². The molecule has 0 spiro atoms. The molecule has 0 aliphatic carbocycles. The lowest BCUT2D eigenvalue weighted by atomic mass is 10.00. The van der Waals surface area contributed by atoms with Crippen LogP contribution in [0.25, 0.3) is 0 Å². The van der Waals surface area contributed by atoms with Gasteiger partial charge in [-0.1, -0.05) is 6.92 Å². The van der Waals surface area contributed by atoms with E-state index >= 15 is 0 Å². The fourth-order valence-electron chi connectivity index (χ4n) is 2.04.